The van der Waals surface area contributed by atoms with Crippen LogP contribution >= 0.6 is 0 Å². The van der Waals surface area contributed by atoms with Crippen molar-refractivity contribution < 1.29 is 27.7 Å². The number of rotatable bonds is 10. The van der Waals surface area contributed by atoms with Gasteiger partial charge in [0.1, 0.15) is 11.8 Å². The van der Waals surface area contributed by atoms with Crippen LogP contribution in [-0.2, 0) is 21.3 Å². The van der Waals surface area contributed by atoms with Gasteiger partial charge in [0.15, 0.2) is 0 Å². The Balaban J connectivity index is 2.84. The summed E-state index contributed by atoms with van der Waals surface area (Å²) >= 11 is 0. The van der Waals surface area contributed by atoms with Crippen LogP contribution in [-0.4, -0.2) is 41.7 Å². The van der Waals surface area contributed by atoms with Gasteiger partial charge in [0, 0.05) is 5.56 Å². The predicted octanol–water partition coefficient (Wildman–Crippen LogP) is 1.88. The molecule has 0 aromatic heterocycles. The molecule has 0 saturated carbocycles. The number of amides is 1. The molecule has 0 heterocycles. The van der Waals surface area contributed by atoms with Gasteiger partial charge >= 0.3 is 5.97 Å². The number of unbranched alkanes of at least 4 members (excludes halogenated alkanes) is 3. The highest BCUT2D eigenvalue weighted by atomic mass is 32.2. The van der Waals surface area contributed by atoms with Gasteiger partial charge in [-0.25, -0.2) is 4.79 Å². The van der Waals surface area contributed by atoms with Crippen molar-refractivity contribution in [3.63, 3.8) is 0 Å². The Labute approximate surface area is 141 Å². The molecule has 24 heavy (non-hydrogen) atoms. The molecule has 0 bridgehead atoms. The minimum absolute atomic E-state index is 0.315. The van der Waals surface area contributed by atoms with E-state index in [1.54, 1.807) is 24.3 Å². The maximum Gasteiger partial charge on any atom is 0.327 e. The van der Waals surface area contributed by atoms with Gasteiger partial charge in [-0.3, -0.25) is 9.35 Å². The summed E-state index contributed by atoms with van der Waals surface area (Å²) in [5.41, 5.74) is 1.10. The van der Waals surface area contributed by atoms with Crippen molar-refractivity contribution in [2.75, 3.05) is 5.75 Å². The van der Waals surface area contributed by atoms with Crippen molar-refractivity contribution >= 4 is 22.0 Å². The zero-order valence-corrected chi connectivity index (χ0v) is 14.4. The molecule has 8 heteroatoms. The Morgan fingerprint density at radius 3 is 2.42 bits per heavy atom. The summed E-state index contributed by atoms with van der Waals surface area (Å²) in [5.74, 6) is -3.27. The SMILES string of the molecule is CCCCCCc1ccccc1C(=O)N[C@@H](CS(=O)(=O)O)C(=O)O. The summed E-state index contributed by atoms with van der Waals surface area (Å²) in [5, 5.41) is 11.2. The second kappa shape index (κ2) is 9.39. The third-order valence-electron chi connectivity index (χ3n) is 3.54. The number of carboxylic acid groups (broad SMARTS) is 1. The van der Waals surface area contributed by atoms with Gasteiger partial charge in [-0.05, 0) is 24.5 Å². The highest BCUT2D eigenvalue weighted by molar-refractivity contribution is 7.85. The van der Waals surface area contributed by atoms with Gasteiger partial charge in [0.25, 0.3) is 16.0 Å². The van der Waals surface area contributed by atoms with Crippen molar-refractivity contribution in [2.45, 2.75) is 45.1 Å². The molecule has 7 nitrogen and oxygen atoms in total. The Morgan fingerprint density at radius 1 is 1.17 bits per heavy atom. The van der Waals surface area contributed by atoms with Crippen molar-refractivity contribution in [3.8, 4) is 0 Å². The van der Waals surface area contributed by atoms with Crippen molar-refractivity contribution in [1.82, 2.24) is 5.32 Å². The number of nitrogens with one attached hydrogen (secondary N) is 1. The quantitative estimate of drug-likeness (QED) is 0.434. The summed E-state index contributed by atoms with van der Waals surface area (Å²) < 4.78 is 30.5. The number of aryl methyl sites for hydroxylation is 1. The van der Waals surface area contributed by atoms with Crippen LogP contribution in [0, 0.1) is 0 Å². The third-order valence-corrected chi connectivity index (χ3v) is 4.30. The Bertz CT molecular complexity index is 671. The van der Waals surface area contributed by atoms with Crippen LogP contribution in [0.15, 0.2) is 24.3 Å². The highest BCUT2D eigenvalue weighted by Gasteiger charge is 2.26. The molecule has 3 N–H and O–H groups in total. The van der Waals surface area contributed by atoms with Crippen molar-refractivity contribution in [3.05, 3.63) is 35.4 Å². The fourth-order valence-corrected chi connectivity index (χ4v) is 2.97. The lowest BCUT2D eigenvalue weighted by Gasteiger charge is -2.15. The molecule has 0 saturated heterocycles. The maximum absolute atomic E-state index is 12.3. The molecule has 0 unspecified atom stereocenters. The van der Waals surface area contributed by atoms with Crippen LogP contribution < -0.4 is 5.32 Å². The number of aliphatic carboxylic acids is 1. The van der Waals surface area contributed by atoms with E-state index in [0.29, 0.717) is 12.0 Å². The minimum atomic E-state index is -4.52. The first-order valence-corrected chi connectivity index (χ1v) is 9.42. The number of carbonyl (C=O) groups excluding carboxylic acids is 1. The van der Waals surface area contributed by atoms with Gasteiger partial charge in [-0.1, -0.05) is 44.4 Å². The normalized spacial score (nSPS) is 12.6. The van der Waals surface area contributed by atoms with Gasteiger partial charge < -0.3 is 10.4 Å². The monoisotopic (exact) mass is 357 g/mol. The smallest absolute Gasteiger partial charge is 0.327 e. The van der Waals surface area contributed by atoms with E-state index >= 15 is 0 Å². The molecule has 0 radical (unpaired) electrons. The molecule has 0 spiro atoms. The zero-order valence-electron chi connectivity index (χ0n) is 13.6. The fraction of sp³-hybridized carbons (Fsp3) is 0.500. The van der Waals surface area contributed by atoms with E-state index in [-0.39, 0.29) is 0 Å². The lowest BCUT2D eigenvalue weighted by molar-refractivity contribution is -0.138. The molecule has 1 amide bonds. The molecule has 0 fully saturated rings. The van der Waals surface area contributed by atoms with Gasteiger partial charge in [-0.2, -0.15) is 8.42 Å². The Morgan fingerprint density at radius 2 is 1.83 bits per heavy atom. The van der Waals surface area contributed by atoms with Gasteiger partial charge in [0.05, 0.1) is 0 Å². The number of carbonyl (C=O) groups is 2. The van der Waals surface area contributed by atoms with Crippen LogP contribution in [0.4, 0.5) is 0 Å². The highest BCUT2D eigenvalue weighted by Crippen LogP contribution is 2.14. The third kappa shape index (κ3) is 7.10. The topological polar surface area (TPSA) is 121 Å². The average molecular weight is 357 g/mol. The lowest BCUT2D eigenvalue weighted by atomic mass is 10.00. The molecule has 0 aliphatic rings. The largest absolute Gasteiger partial charge is 0.480 e. The summed E-state index contributed by atoms with van der Waals surface area (Å²) in [6.45, 7) is 2.10. The maximum atomic E-state index is 12.3. The van der Waals surface area contributed by atoms with E-state index in [4.69, 9.17) is 9.66 Å². The zero-order chi connectivity index (χ0) is 18.2. The molecular formula is C16H23NO6S. The molecule has 0 aliphatic carbocycles. The number of hydrogen-bond donors (Lipinski definition) is 3. The van der Waals surface area contributed by atoms with Crippen LogP contribution in [0.2, 0.25) is 0 Å². The Kier molecular flexibility index (Phi) is 7.87. The van der Waals surface area contributed by atoms with E-state index in [2.05, 4.69) is 12.2 Å². The van der Waals surface area contributed by atoms with Crippen LogP contribution in [0.3, 0.4) is 0 Å². The first-order valence-electron chi connectivity index (χ1n) is 7.81. The molecule has 0 aliphatic heterocycles. The predicted molar refractivity (Wildman–Crippen MR) is 89.6 cm³/mol. The van der Waals surface area contributed by atoms with Crippen molar-refractivity contribution in [2.24, 2.45) is 0 Å². The van der Waals surface area contributed by atoms with E-state index in [1.165, 1.54) is 0 Å². The second-order valence-electron chi connectivity index (χ2n) is 5.58. The van der Waals surface area contributed by atoms with E-state index < -0.39 is 33.8 Å². The van der Waals surface area contributed by atoms with Crippen LogP contribution in [0.1, 0.15) is 48.5 Å². The lowest BCUT2D eigenvalue weighted by Crippen LogP contribution is -2.45. The molecular weight excluding hydrogens is 334 g/mol. The summed E-state index contributed by atoms with van der Waals surface area (Å²) in [6, 6.07) is 5.10. The summed E-state index contributed by atoms with van der Waals surface area (Å²) in [7, 11) is -4.52. The van der Waals surface area contributed by atoms with E-state index in [0.717, 1.165) is 31.2 Å². The van der Waals surface area contributed by atoms with E-state index in [1.807, 2.05) is 0 Å². The number of carboxylic acids is 1. The molecule has 1 aromatic carbocycles. The number of benzene rings is 1. The Hall–Kier alpha value is -1.93. The molecule has 1 atom stereocenters. The first kappa shape index (κ1) is 20.1. The van der Waals surface area contributed by atoms with Gasteiger partial charge in [-0.15, -0.1) is 0 Å². The summed E-state index contributed by atoms with van der Waals surface area (Å²) in [4.78, 5) is 23.4. The molecule has 134 valence electrons. The van der Waals surface area contributed by atoms with Crippen molar-refractivity contribution in [1.29, 1.82) is 0 Å². The van der Waals surface area contributed by atoms with Crippen LogP contribution in [0.25, 0.3) is 0 Å². The molecule has 1 aromatic rings. The van der Waals surface area contributed by atoms with E-state index in [9.17, 15) is 18.0 Å². The standard InChI is InChI=1S/C16H23NO6S/c1-2-3-4-5-8-12-9-6-7-10-13(12)15(18)17-14(16(19)20)11-24(21,22)23/h6-7,9-10,14H,2-5,8,11H2,1H3,(H,17,18)(H,19,20)(H,21,22,23)/t14-/m0/s1. The average Bonchev–Trinajstić information content (AvgIpc) is 2.50. The fourth-order valence-electron chi connectivity index (χ4n) is 2.32. The summed E-state index contributed by atoms with van der Waals surface area (Å²) in [6.07, 6.45) is 4.82. The number of hydrogen-bond acceptors (Lipinski definition) is 4. The second-order valence-corrected chi connectivity index (χ2v) is 7.08. The minimum Gasteiger partial charge on any atom is -0.480 e. The first-order chi connectivity index (χ1) is 11.2. The van der Waals surface area contributed by atoms with Crippen LogP contribution in [0.5, 0.6) is 0 Å². The van der Waals surface area contributed by atoms with Gasteiger partial charge in [0.2, 0.25) is 0 Å². The molecule has 1 rings (SSSR count).